The summed E-state index contributed by atoms with van der Waals surface area (Å²) in [7, 11) is -3.80. The number of sulfonamides is 1. The first-order valence-electron chi connectivity index (χ1n) is 7.09. The summed E-state index contributed by atoms with van der Waals surface area (Å²) < 4.78 is 27.3. The third-order valence-corrected chi connectivity index (χ3v) is 4.71. The van der Waals surface area contributed by atoms with Gasteiger partial charge in [-0.2, -0.15) is 0 Å². The highest BCUT2D eigenvalue weighted by atomic mass is 35.5. The van der Waals surface area contributed by atoms with Crippen LogP contribution in [0.4, 0.5) is 5.69 Å². The zero-order valence-electron chi connectivity index (χ0n) is 12.5. The third-order valence-electron chi connectivity index (χ3n) is 3.08. The van der Waals surface area contributed by atoms with E-state index >= 15 is 0 Å². The highest BCUT2D eigenvalue weighted by Crippen LogP contribution is 2.21. The van der Waals surface area contributed by atoms with Gasteiger partial charge < -0.3 is 5.32 Å². The van der Waals surface area contributed by atoms with Crippen LogP contribution >= 0.6 is 11.6 Å². The summed E-state index contributed by atoms with van der Waals surface area (Å²) in [5.41, 5.74) is 0.509. The summed E-state index contributed by atoms with van der Waals surface area (Å²) in [6.45, 7) is 2.46. The maximum absolute atomic E-state index is 12.4. The molecular weight excluding hydrogens is 336 g/mol. The molecule has 0 unspecified atom stereocenters. The zero-order chi connectivity index (χ0) is 16.9. The van der Waals surface area contributed by atoms with E-state index in [1.54, 1.807) is 24.3 Å². The van der Waals surface area contributed by atoms with Gasteiger partial charge in [-0.25, -0.2) is 8.42 Å². The Bertz CT molecular complexity index is 789. The lowest BCUT2D eigenvalue weighted by Gasteiger charge is -2.12. The lowest BCUT2D eigenvalue weighted by Crippen LogP contribution is -2.25. The molecule has 2 N–H and O–H groups in total. The monoisotopic (exact) mass is 352 g/mol. The van der Waals surface area contributed by atoms with Crippen molar-refractivity contribution >= 4 is 33.2 Å². The Kier molecular flexibility index (Phi) is 5.63. The van der Waals surface area contributed by atoms with E-state index in [-0.39, 0.29) is 22.1 Å². The van der Waals surface area contributed by atoms with E-state index in [9.17, 15) is 13.2 Å². The predicted molar refractivity (Wildman–Crippen MR) is 91.3 cm³/mol. The normalized spacial score (nSPS) is 11.0. The fourth-order valence-electron chi connectivity index (χ4n) is 1.92. The van der Waals surface area contributed by atoms with E-state index in [0.29, 0.717) is 11.6 Å². The minimum atomic E-state index is -3.80. The first kappa shape index (κ1) is 17.3. The summed E-state index contributed by atoms with van der Waals surface area (Å²) in [5.74, 6) is -0.318. The predicted octanol–water partition coefficient (Wildman–Crippen LogP) is 3.28. The van der Waals surface area contributed by atoms with Gasteiger partial charge in [-0.1, -0.05) is 30.7 Å². The molecule has 0 saturated carbocycles. The van der Waals surface area contributed by atoms with Crippen molar-refractivity contribution in [3.05, 3.63) is 59.1 Å². The third kappa shape index (κ3) is 4.46. The van der Waals surface area contributed by atoms with Crippen LogP contribution in [0, 0.1) is 0 Å². The van der Waals surface area contributed by atoms with Crippen molar-refractivity contribution in [3.8, 4) is 0 Å². The minimum absolute atomic E-state index is 0.0747. The van der Waals surface area contributed by atoms with Crippen molar-refractivity contribution in [2.24, 2.45) is 0 Å². The topological polar surface area (TPSA) is 75.3 Å². The molecule has 0 heterocycles. The van der Waals surface area contributed by atoms with Gasteiger partial charge in [0.15, 0.2) is 0 Å². The van der Waals surface area contributed by atoms with E-state index in [2.05, 4.69) is 10.0 Å². The number of benzene rings is 2. The molecule has 0 saturated heterocycles. The summed E-state index contributed by atoms with van der Waals surface area (Å²) in [4.78, 5) is 12.2. The van der Waals surface area contributed by atoms with Crippen LogP contribution in [-0.4, -0.2) is 20.9 Å². The summed E-state index contributed by atoms with van der Waals surface area (Å²) in [6.07, 6.45) is 0.796. The molecule has 1 amide bonds. The van der Waals surface area contributed by atoms with Crippen LogP contribution in [0.15, 0.2) is 53.4 Å². The standard InChI is InChI=1S/C16H17ClN2O3S/c1-2-11-18-16(20)14-5-3-4-6-15(14)19-23(21,22)13-9-7-12(17)8-10-13/h3-10,19H,2,11H2,1H3,(H,18,20). The van der Waals surface area contributed by atoms with Crippen LogP contribution in [0.25, 0.3) is 0 Å². The van der Waals surface area contributed by atoms with Gasteiger partial charge in [-0.3, -0.25) is 9.52 Å². The second kappa shape index (κ2) is 7.48. The van der Waals surface area contributed by atoms with Crippen LogP contribution in [0.2, 0.25) is 5.02 Å². The molecule has 0 aromatic heterocycles. The number of para-hydroxylation sites is 1. The van der Waals surface area contributed by atoms with Gasteiger partial charge in [0.1, 0.15) is 0 Å². The van der Waals surface area contributed by atoms with Crippen molar-refractivity contribution in [1.82, 2.24) is 5.32 Å². The minimum Gasteiger partial charge on any atom is -0.352 e. The number of nitrogens with one attached hydrogen (secondary N) is 2. The molecule has 0 fully saturated rings. The average molecular weight is 353 g/mol. The maximum atomic E-state index is 12.4. The molecule has 0 aliphatic carbocycles. The Balaban J connectivity index is 2.29. The number of rotatable bonds is 6. The van der Waals surface area contributed by atoms with E-state index in [0.717, 1.165) is 6.42 Å². The van der Waals surface area contributed by atoms with E-state index in [1.165, 1.54) is 24.3 Å². The van der Waals surface area contributed by atoms with Crippen molar-refractivity contribution in [3.63, 3.8) is 0 Å². The molecule has 7 heteroatoms. The Hall–Kier alpha value is -2.05. The first-order chi connectivity index (χ1) is 10.9. The van der Waals surface area contributed by atoms with Crippen LogP contribution in [-0.2, 0) is 10.0 Å². The van der Waals surface area contributed by atoms with Crippen LogP contribution in [0.5, 0.6) is 0 Å². The molecule has 2 aromatic carbocycles. The quantitative estimate of drug-likeness (QED) is 0.837. The summed E-state index contributed by atoms with van der Waals surface area (Å²) >= 11 is 5.77. The van der Waals surface area contributed by atoms with Crippen molar-refractivity contribution in [1.29, 1.82) is 0 Å². The summed E-state index contributed by atoms with van der Waals surface area (Å²) in [6, 6.07) is 12.3. The molecule has 0 aliphatic heterocycles. The largest absolute Gasteiger partial charge is 0.352 e. The molecule has 0 radical (unpaired) electrons. The van der Waals surface area contributed by atoms with Gasteiger partial charge in [-0.05, 0) is 42.8 Å². The smallest absolute Gasteiger partial charge is 0.261 e. The van der Waals surface area contributed by atoms with Crippen LogP contribution < -0.4 is 10.0 Å². The van der Waals surface area contributed by atoms with Crippen LogP contribution in [0.1, 0.15) is 23.7 Å². The van der Waals surface area contributed by atoms with E-state index in [4.69, 9.17) is 11.6 Å². The van der Waals surface area contributed by atoms with E-state index < -0.39 is 10.0 Å². The number of halogens is 1. The lowest BCUT2D eigenvalue weighted by atomic mass is 10.1. The van der Waals surface area contributed by atoms with Gasteiger partial charge in [-0.15, -0.1) is 0 Å². The molecule has 0 atom stereocenters. The van der Waals surface area contributed by atoms with Gasteiger partial charge in [0, 0.05) is 11.6 Å². The number of carbonyl (C=O) groups is 1. The average Bonchev–Trinajstić information content (AvgIpc) is 2.53. The van der Waals surface area contributed by atoms with Crippen molar-refractivity contribution in [2.75, 3.05) is 11.3 Å². The summed E-state index contributed by atoms with van der Waals surface area (Å²) in [5, 5.41) is 3.18. The van der Waals surface area contributed by atoms with Gasteiger partial charge in [0.2, 0.25) is 0 Å². The highest BCUT2D eigenvalue weighted by molar-refractivity contribution is 7.92. The van der Waals surface area contributed by atoms with Gasteiger partial charge >= 0.3 is 0 Å². The van der Waals surface area contributed by atoms with Crippen molar-refractivity contribution in [2.45, 2.75) is 18.2 Å². The molecule has 2 rings (SSSR count). The Morgan fingerprint density at radius 1 is 1.09 bits per heavy atom. The highest BCUT2D eigenvalue weighted by Gasteiger charge is 2.18. The SMILES string of the molecule is CCCNC(=O)c1ccccc1NS(=O)(=O)c1ccc(Cl)cc1. The Morgan fingerprint density at radius 2 is 1.74 bits per heavy atom. The number of hydrogen-bond donors (Lipinski definition) is 2. The molecule has 122 valence electrons. The number of anilines is 1. The molecule has 0 bridgehead atoms. The Morgan fingerprint density at radius 3 is 2.39 bits per heavy atom. The second-order valence-corrected chi connectivity index (χ2v) is 6.98. The molecule has 5 nitrogen and oxygen atoms in total. The zero-order valence-corrected chi connectivity index (χ0v) is 14.1. The number of carbonyl (C=O) groups excluding carboxylic acids is 1. The fraction of sp³-hybridized carbons (Fsp3) is 0.188. The maximum Gasteiger partial charge on any atom is 0.261 e. The Labute approximate surface area is 140 Å². The molecule has 0 spiro atoms. The molecule has 23 heavy (non-hydrogen) atoms. The number of hydrogen-bond acceptors (Lipinski definition) is 3. The van der Waals surface area contributed by atoms with Crippen LogP contribution in [0.3, 0.4) is 0 Å². The van der Waals surface area contributed by atoms with Gasteiger partial charge in [0.25, 0.3) is 15.9 Å². The second-order valence-electron chi connectivity index (χ2n) is 4.86. The van der Waals surface area contributed by atoms with Crippen molar-refractivity contribution < 1.29 is 13.2 Å². The molecule has 2 aromatic rings. The molecular formula is C16H17ClN2O3S. The number of amides is 1. The van der Waals surface area contributed by atoms with Gasteiger partial charge in [0.05, 0.1) is 16.1 Å². The molecule has 0 aliphatic rings. The van der Waals surface area contributed by atoms with E-state index in [1.807, 2.05) is 6.92 Å². The fourth-order valence-corrected chi connectivity index (χ4v) is 3.13. The first-order valence-corrected chi connectivity index (χ1v) is 8.96. The lowest BCUT2D eigenvalue weighted by molar-refractivity contribution is 0.0954.